The molecular formula is C24H38N8O4. The largest absolute Gasteiger partial charge is 0.446 e. The smallest absolute Gasteiger partial charge is 0.407 e. The van der Waals surface area contributed by atoms with Crippen molar-refractivity contribution in [1.82, 2.24) is 25.9 Å². The third kappa shape index (κ3) is 5.65. The van der Waals surface area contributed by atoms with Crippen LogP contribution < -0.4 is 21.5 Å². The number of anilines is 1. The van der Waals surface area contributed by atoms with E-state index >= 15 is 0 Å². The molecule has 5 rings (SSSR count). The Morgan fingerprint density at radius 1 is 1.33 bits per heavy atom. The summed E-state index contributed by atoms with van der Waals surface area (Å²) in [6.07, 6.45) is 5.10. The van der Waals surface area contributed by atoms with E-state index in [1.165, 1.54) is 0 Å². The molecule has 1 aromatic heterocycles. The summed E-state index contributed by atoms with van der Waals surface area (Å²) in [4.78, 5) is 21.6. The number of aryl methyl sites for hydroxylation is 1. The maximum Gasteiger partial charge on any atom is 0.407 e. The summed E-state index contributed by atoms with van der Waals surface area (Å²) in [5.41, 5.74) is 9.29. The summed E-state index contributed by atoms with van der Waals surface area (Å²) in [6.45, 7) is 6.29. The van der Waals surface area contributed by atoms with Crippen LogP contribution in [-0.4, -0.2) is 71.7 Å². The number of carbonyl (C=O) groups is 1. The summed E-state index contributed by atoms with van der Waals surface area (Å²) in [5, 5.41) is 10.9. The number of aliphatic imine (C=N–C) groups is 2. The molecule has 1 aliphatic carbocycles. The van der Waals surface area contributed by atoms with E-state index in [1.807, 2.05) is 25.6 Å². The number of amidine groups is 2. The Morgan fingerprint density at radius 2 is 2.22 bits per heavy atom. The van der Waals surface area contributed by atoms with E-state index in [1.54, 1.807) is 0 Å². The van der Waals surface area contributed by atoms with Crippen molar-refractivity contribution in [3.05, 3.63) is 11.4 Å². The van der Waals surface area contributed by atoms with Crippen LogP contribution in [0, 0.1) is 5.92 Å². The lowest BCUT2D eigenvalue weighted by Gasteiger charge is -2.18. The van der Waals surface area contributed by atoms with Gasteiger partial charge in [-0.15, -0.1) is 0 Å². The Bertz CT molecular complexity index is 1000. The lowest BCUT2D eigenvalue weighted by atomic mass is 9.96. The molecule has 1 amide bonds. The number of hydrazine groups is 1. The van der Waals surface area contributed by atoms with Gasteiger partial charge in [-0.25, -0.2) is 20.2 Å². The zero-order valence-electron chi connectivity index (χ0n) is 21.4. The summed E-state index contributed by atoms with van der Waals surface area (Å²) in [7, 11) is 1.91. The van der Waals surface area contributed by atoms with Crippen LogP contribution in [0.2, 0.25) is 0 Å². The lowest BCUT2D eigenvalue weighted by Crippen LogP contribution is -2.36. The van der Waals surface area contributed by atoms with Crippen LogP contribution in [0.15, 0.2) is 9.98 Å². The summed E-state index contributed by atoms with van der Waals surface area (Å²) in [6, 6.07) is 0.360. The van der Waals surface area contributed by atoms with Crippen LogP contribution in [-0.2, 0) is 27.9 Å². The molecule has 4 aliphatic rings. The summed E-state index contributed by atoms with van der Waals surface area (Å²) in [5.74, 6) is 1.93. The molecule has 0 radical (unpaired) electrons. The molecule has 4 heterocycles. The molecule has 3 fully saturated rings. The van der Waals surface area contributed by atoms with E-state index in [0.717, 1.165) is 68.0 Å². The number of carbonyl (C=O) groups excluding carboxylic acids is 1. The zero-order valence-corrected chi connectivity index (χ0v) is 21.4. The van der Waals surface area contributed by atoms with Crippen molar-refractivity contribution in [3.63, 3.8) is 0 Å². The number of hydrogen-bond acceptors (Lipinski definition) is 9. The van der Waals surface area contributed by atoms with Crippen molar-refractivity contribution in [2.24, 2.45) is 23.0 Å². The van der Waals surface area contributed by atoms with Crippen molar-refractivity contribution in [1.29, 1.82) is 0 Å². The normalized spacial score (nSPS) is 29.4. The molecule has 4 N–H and O–H groups in total. The van der Waals surface area contributed by atoms with Gasteiger partial charge in [0.1, 0.15) is 30.0 Å². The van der Waals surface area contributed by atoms with Crippen molar-refractivity contribution >= 4 is 23.5 Å². The second-order valence-electron chi connectivity index (χ2n) is 10.1. The van der Waals surface area contributed by atoms with E-state index in [-0.39, 0.29) is 30.4 Å². The van der Waals surface area contributed by atoms with E-state index in [2.05, 4.69) is 31.6 Å². The minimum Gasteiger partial charge on any atom is -0.446 e. The molecule has 0 bridgehead atoms. The van der Waals surface area contributed by atoms with Crippen LogP contribution in [0.5, 0.6) is 0 Å². The van der Waals surface area contributed by atoms with E-state index in [4.69, 9.17) is 19.2 Å². The van der Waals surface area contributed by atoms with Crippen molar-refractivity contribution in [3.8, 4) is 0 Å². The van der Waals surface area contributed by atoms with Gasteiger partial charge in [-0.2, -0.15) is 5.10 Å². The van der Waals surface area contributed by atoms with Gasteiger partial charge in [0.25, 0.3) is 0 Å². The van der Waals surface area contributed by atoms with Gasteiger partial charge in [0.15, 0.2) is 5.84 Å². The monoisotopic (exact) mass is 502 g/mol. The highest BCUT2D eigenvalue weighted by Crippen LogP contribution is 2.33. The summed E-state index contributed by atoms with van der Waals surface area (Å²) < 4.78 is 18.9. The van der Waals surface area contributed by atoms with E-state index in [9.17, 15) is 4.79 Å². The minimum atomic E-state index is -0.313. The number of amides is 1. The SMILES string of the molecule is CCC(C)NC(=O)OC1CCC(C2CC(=NC3=NCNc4c(COC5CCOC5)nn(C)c43)NN2)C1. The number of alkyl carbamates (subject to hydrolysis) is 1. The third-order valence-corrected chi connectivity index (χ3v) is 7.46. The maximum atomic E-state index is 12.1. The second-order valence-corrected chi connectivity index (χ2v) is 10.1. The van der Waals surface area contributed by atoms with Gasteiger partial charge in [0.05, 0.1) is 25.0 Å². The van der Waals surface area contributed by atoms with Crippen LogP contribution in [0.1, 0.15) is 63.8 Å². The predicted octanol–water partition coefficient (Wildman–Crippen LogP) is 1.81. The number of rotatable bonds is 7. The van der Waals surface area contributed by atoms with Crippen LogP contribution in [0.25, 0.3) is 0 Å². The second kappa shape index (κ2) is 11.1. The molecule has 5 atom stereocenters. The Kier molecular flexibility index (Phi) is 7.73. The third-order valence-electron chi connectivity index (χ3n) is 7.46. The van der Waals surface area contributed by atoms with Crippen LogP contribution in [0.3, 0.4) is 0 Å². The van der Waals surface area contributed by atoms with Crippen molar-refractivity contribution in [2.75, 3.05) is 25.2 Å². The standard InChI is InChI=1S/C24H38N8O4/c1-4-14(2)27-24(33)36-16-6-5-15(9-16)18-10-20(30-29-18)28-23-22-21(25-13-26-23)19(31-32(22)3)12-35-17-7-8-34-11-17/h14-18,25,29H,4-13H2,1-3H3,(H,27,33)(H,26,28,30). The number of hydrogen-bond donors (Lipinski definition) is 4. The number of ether oxygens (including phenoxy) is 3. The highest BCUT2D eigenvalue weighted by molar-refractivity contribution is 6.10. The highest BCUT2D eigenvalue weighted by Gasteiger charge is 2.36. The Morgan fingerprint density at radius 3 is 3.03 bits per heavy atom. The zero-order chi connectivity index (χ0) is 25.1. The quantitative estimate of drug-likeness (QED) is 0.443. The van der Waals surface area contributed by atoms with E-state index < -0.39 is 0 Å². The first-order valence-electron chi connectivity index (χ1n) is 13.1. The Balaban J connectivity index is 1.17. The molecule has 1 saturated carbocycles. The number of nitrogens with zero attached hydrogens (tertiary/aromatic N) is 4. The topological polar surface area (TPSA) is 135 Å². The minimum absolute atomic E-state index is 0.0379. The van der Waals surface area contributed by atoms with Gasteiger partial charge >= 0.3 is 6.09 Å². The lowest BCUT2D eigenvalue weighted by molar-refractivity contribution is 0.0302. The van der Waals surface area contributed by atoms with Gasteiger partial charge in [0, 0.05) is 32.2 Å². The van der Waals surface area contributed by atoms with Gasteiger partial charge in [-0.3, -0.25) is 4.68 Å². The van der Waals surface area contributed by atoms with E-state index in [0.29, 0.717) is 31.6 Å². The fraction of sp³-hybridized carbons (Fsp3) is 0.750. The van der Waals surface area contributed by atoms with Crippen molar-refractivity contribution < 1.29 is 19.0 Å². The van der Waals surface area contributed by atoms with Gasteiger partial charge in [-0.1, -0.05) is 6.92 Å². The first-order valence-corrected chi connectivity index (χ1v) is 13.1. The predicted molar refractivity (Wildman–Crippen MR) is 135 cm³/mol. The fourth-order valence-corrected chi connectivity index (χ4v) is 5.23. The molecule has 0 spiro atoms. The van der Waals surface area contributed by atoms with Crippen LogP contribution in [0.4, 0.5) is 10.5 Å². The molecule has 12 heteroatoms. The molecule has 3 aliphatic heterocycles. The first kappa shape index (κ1) is 25.0. The average molecular weight is 503 g/mol. The first-order chi connectivity index (χ1) is 17.5. The molecule has 0 aromatic carbocycles. The molecule has 2 saturated heterocycles. The maximum absolute atomic E-state index is 12.1. The summed E-state index contributed by atoms with van der Waals surface area (Å²) >= 11 is 0. The number of nitrogens with one attached hydrogen (secondary N) is 4. The van der Waals surface area contributed by atoms with Crippen LogP contribution >= 0.6 is 0 Å². The fourth-order valence-electron chi connectivity index (χ4n) is 5.23. The van der Waals surface area contributed by atoms with Crippen molar-refractivity contribution in [2.45, 2.75) is 83.3 Å². The molecular weight excluding hydrogens is 464 g/mol. The number of aromatic nitrogens is 2. The molecule has 1 aromatic rings. The van der Waals surface area contributed by atoms with Gasteiger partial charge in [0.2, 0.25) is 0 Å². The molecule has 198 valence electrons. The Hall–Kier alpha value is -2.70. The molecule has 36 heavy (non-hydrogen) atoms. The van der Waals surface area contributed by atoms with Gasteiger partial charge in [-0.05, 0) is 44.9 Å². The molecule has 12 nitrogen and oxygen atoms in total. The highest BCUT2D eigenvalue weighted by atomic mass is 16.6. The average Bonchev–Trinajstić information content (AvgIpc) is 3.66. The Labute approximate surface area is 211 Å². The number of fused-ring (bicyclic) bond motifs is 1. The van der Waals surface area contributed by atoms with Gasteiger partial charge < -0.3 is 30.3 Å². The molecule has 5 unspecified atom stereocenters.